The summed E-state index contributed by atoms with van der Waals surface area (Å²) in [6, 6.07) is 28.9. The van der Waals surface area contributed by atoms with E-state index in [4.69, 9.17) is 5.11 Å². The fourth-order valence-corrected chi connectivity index (χ4v) is 4.73. The molecule has 0 unspecified atom stereocenters. The highest BCUT2D eigenvalue weighted by Crippen LogP contribution is 2.37. The lowest BCUT2D eigenvalue weighted by Crippen LogP contribution is -2.27. The molecule has 0 atom stereocenters. The molecule has 0 saturated heterocycles. The summed E-state index contributed by atoms with van der Waals surface area (Å²) < 4.78 is 27.6. The molecule has 4 aromatic carbocycles. The molecule has 4 aromatic rings. The van der Waals surface area contributed by atoms with Gasteiger partial charge >= 0.3 is 13.4 Å². The molecule has 226 valence electrons. The van der Waals surface area contributed by atoms with Crippen molar-refractivity contribution in [2.45, 2.75) is 52.4 Å². The molecule has 0 aliphatic heterocycles. The van der Waals surface area contributed by atoms with Gasteiger partial charge in [0.25, 0.3) is 0 Å². The minimum absolute atomic E-state index is 0.00900. The maximum atomic E-state index is 13.8. The van der Waals surface area contributed by atoms with Gasteiger partial charge in [0.15, 0.2) is 5.78 Å². The van der Waals surface area contributed by atoms with Crippen molar-refractivity contribution >= 4 is 41.9 Å². The van der Waals surface area contributed by atoms with Crippen LogP contribution in [0.25, 0.3) is 0 Å². The highest BCUT2D eigenvalue weighted by atomic mass is 19.2. The fourth-order valence-electron chi connectivity index (χ4n) is 4.73. The van der Waals surface area contributed by atoms with Gasteiger partial charge in [-0.05, 0) is 94.8 Å². The molecular weight excluding hydrogens is 557 g/mol. The van der Waals surface area contributed by atoms with E-state index in [1.54, 1.807) is 12.1 Å². The Morgan fingerprint density at radius 3 is 1.34 bits per heavy atom. The quantitative estimate of drug-likeness (QED) is 0.119. The molecule has 44 heavy (non-hydrogen) atoms. The van der Waals surface area contributed by atoms with E-state index < -0.39 is 19.2 Å². The Balaban J connectivity index is 1.63. The van der Waals surface area contributed by atoms with Crippen LogP contribution >= 0.6 is 0 Å². The lowest BCUT2D eigenvalue weighted by atomic mass is 9.86. The lowest BCUT2D eigenvalue weighted by molar-refractivity contribution is 0.0696. The van der Waals surface area contributed by atoms with Crippen LogP contribution in [0.1, 0.15) is 73.4 Å². The number of rotatable bonds is 9. The Kier molecular flexibility index (Phi) is 9.43. The largest absolute Gasteiger partial charge is 0.677 e. The minimum Gasteiger partial charge on any atom is -0.478 e. The van der Waals surface area contributed by atoms with Crippen LogP contribution in [0.4, 0.5) is 31.4 Å². The monoisotopic (exact) mass is 594 g/mol. The van der Waals surface area contributed by atoms with Crippen molar-refractivity contribution in [1.29, 1.82) is 0 Å². The summed E-state index contributed by atoms with van der Waals surface area (Å²) >= 11 is 0. The van der Waals surface area contributed by atoms with Gasteiger partial charge in [-0.25, -0.2) is 4.79 Å². The summed E-state index contributed by atoms with van der Waals surface area (Å²) in [5.41, 5.74) is 5.59. The first kappa shape index (κ1) is 32.2. The normalized spacial score (nSPS) is 11.8. The number of carbonyl (C=O) groups excluding carboxylic acids is 1. The molecule has 1 N–H and O–H groups in total. The zero-order valence-electron chi connectivity index (χ0n) is 25.9. The van der Waals surface area contributed by atoms with E-state index in [0.29, 0.717) is 10.4 Å². The Labute approximate surface area is 258 Å². The van der Waals surface area contributed by atoms with E-state index >= 15 is 0 Å². The second kappa shape index (κ2) is 12.9. The first-order valence-electron chi connectivity index (χ1n) is 14.4. The first-order chi connectivity index (χ1) is 20.6. The van der Waals surface area contributed by atoms with Crippen LogP contribution in [0.3, 0.4) is 0 Å². The number of benzene rings is 4. The summed E-state index contributed by atoms with van der Waals surface area (Å²) in [7, 11) is -2.93. The molecule has 8 heteroatoms. The van der Waals surface area contributed by atoms with Gasteiger partial charge in [0.05, 0.1) is 5.56 Å². The average Bonchev–Trinajstić information content (AvgIpc) is 2.97. The maximum absolute atomic E-state index is 13.8. The Morgan fingerprint density at radius 2 is 0.977 bits per heavy atom. The second-order valence-electron chi connectivity index (χ2n) is 12.7. The van der Waals surface area contributed by atoms with Gasteiger partial charge < -0.3 is 14.8 Å². The van der Waals surface area contributed by atoms with Crippen molar-refractivity contribution < 1.29 is 23.3 Å². The van der Waals surface area contributed by atoms with Gasteiger partial charge in [-0.3, -0.25) is 13.4 Å². The zero-order chi connectivity index (χ0) is 32.2. The van der Waals surface area contributed by atoms with E-state index in [1.807, 2.05) is 12.1 Å². The predicted molar refractivity (Wildman–Crippen MR) is 176 cm³/mol. The summed E-state index contributed by atoms with van der Waals surface area (Å²) in [6.07, 6.45) is 2.09. The molecular formula is C36H37BF2N2O3. The average molecular weight is 595 g/mol. The van der Waals surface area contributed by atoms with Crippen molar-refractivity contribution in [3.8, 4) is 0 Å². The molecule has 0 aromatic heterocycles. The third-order valence-corrected chi connectivity index (χ3v) is 7.40. The molecule has 0 radical (unpaired) electrons. The second-order valence-corrected chi connectivity index (χ2v) is 12.7. The number of hydrogen-bond donors (Lipinski definition) is 1. The summed E-state index contributed by atoms with van der Waals surface area (Å²) in [5.74, 6) is -1.60. The number of allylic oxidation sites excluding steroid dienone is 1. The molecule has 0 heterocycles. The Bertz CT molecular complexity index is 1560. The molecule has 0 spiro atoms. The molecule has 4 rings (SSSR count). The van der Waals surface area contributed by atoms with Crippen LogP contribution in [0.2, 0.25) is 0 Å². The summed E-state index contributed by atoms with van der Waals surface area (Å²) in [5, 5.41) is 9.07. The standard InChI is InChI=1S/C36H37BF2N2O3/c1-35(2,3)27-11-19-31(20-12-27)41(32-21-13-28(14-22-32)36(4,5)6)30-17-7-25(8-18-30)33(42)23-24-40(37(38)39)29-15-9-26(10-16-29)34(43)44/h7-24H,1-6H3,(H,43,44)/b24-23+. The lowest BCUT2D eigenvalue weighted by Gasteiger charge is -2.28. The smallest absolute Gasteiger partial charge is 0.478 e. The van der Waals surface area contributed by atoms with Gasteiger partial charge in [-0.2, -0.15) is 0 Å². The molecule has 0 bridgehead atoms. The van der Waals surface area contributed by atoms with Crippen LogP contribution in [-0.2, 0) is 10.8 Å². The highest BCUT2D eigenvalue weighted by molar-refractivity contribution is 6.49. The van der Waals surface area contributed by atoms with Crippen LogP contribution in [0.15, 0.2) is 109 Å². The zero-order valence-corrected chi connectivity index (χ0v) is 25.9. The number of nitrogens with zero attached hydrogens (tertiary/aromatic N) is 2. The maximum Gasteiger partial charge on any atom is 0.677 e. The number of carboxylic acid groups (broad SMARTS) is 1. The topological polar surface area (TPSA) is 60.9 Å². The minimum atomic E-state index is -2.93. The fraction of sp³-hybridized carbons (Fsp3) is 0.222. The van der Waals surface area contributed by atoms with E-state index in [9.17, 15) is 18.2 Å². The van der Waals surface area contributed by atoms with Crippen LogP contribution < -0.4 is 9.71 Å². The van der Waals surface area contributed by atoms with Crippen molar-refractivity contribution in [2.24, 2.45) is 0 Å². The molecule has 0 aliphatic carbocycles. The number of halogens is 2. The van der Waals surface area contributed by atoms with Crippen molar-refractivity contribution in [2.75, 3.05) is 9.71 Å². The number of hydrogen-bond acceptors (Lipinski definition) is 4. The van der Waals surface area contributed by atoms with Crippen LogP contribution in [0.5, 0.6) is 0 Å². The third-order valence-electron chi connectivity index (χ3n) is 7.40. The molecule has 0 saturated carbocycles. The highest BCUT2D eigenvalue weighted by Gasteiger charge is 2.24. The third kappa shape index (κ3) is 7.62. The molecule has 5 nitrogen and oxygen atoms in total. The molecule has 0 amide bonds. The van der Waals surface area contributed by atoms with E-state index in [2.05, 4.69) is 95.0 Å². The van der Waals surface area contributed by atoms with E-state index in [0.717, 1.165) is 29.3 Å². The SMILES string of the molecule is CC(C)(C)c1ccc(N(c2ccc(C(=O)/C=C/N(B(F)F)c3ccc(C(=O)O)cc3)cc2)c2ccc(C(C)(C)C)cc2)cc1. The predicted octanol–water partition coefficient (Wildman–Crippen LogP) is 9.58. The number of ketones is 1. The Morgan fingerprint density at radius 1 is 0.614 bits per heavy atom. The van der Waals surface area contributed by atoms with Gasteiger partial charge in [0, 0.05) is 40.6 Å². The summed E-state index contributed by atoms with van der Waals surface area (Å²) in [4.78, 5) is 26.8. The number of carboxylic acids is 1. The van der Waals surface area contributed by atoms with Crippen molar-refractivity contribution in [3.05, 3.63) is 132 Å². The van der Waals surface area contributed by atoms with Crippen LogP contribution in [-0.4, -0.2) is 24.3 Å². The van der Waals surface area contributed by atoms with Gasteiger partial charge in [-0.15, -0.1) is 0 Å². The van der Waals surface area contributed by atoms with Crippen molar-refractivity contribution in [3.63, 3.8) is 0 Å². The Hall–Kier alpha value is -4.72. The number of carbonyl (C=O) groups is 2. The van der Waals surface area contributed by atoms with E-state index in [-0.39, 0.29) is 22.1 Å². The van der Waals surface area contributed by atoms with Gasteiger partial charge in [-0.1, -0.05) is 65.8 Å². The molecule has 0 fully saturated rings. The van der Waals surface area contributed by atoms with Gasteiger partial charge in [0.2, 0.25) is 0 Å². The van der Waals surface area contributed by atoms with Gasteiger partial charge in [0.1, 0.15) is 0 Å². The molecule has 0 aliphatic rings. The number of anilines is 4. The van der Waals surface area contributed by atoms with E-state index in [1.165, 1.54) is 35.4 Å². The van der Waals surface area contributed by atoms with Crippen LogP contribution in [0, 0.1) is 0 Å². The summed E-state index contributed by atoms with van der Waals surface area (Å²) in [6.45, 7) is 13.0. The number of aromatic carboxylic acids is 1. The first-order valence-corrected chi connectivity index (χ1v) is 14.4. The van der Waals surface area contributed by atoms with Crippen molar-refractivity contribution in [1.82, 2.24) is 0 Å².